The molecule has 1 aliphatic heterocycles. The highest BCUT2D eigenvalue weighted by Crippen LogP contribution is 2.32. The van der Waals surface area contributed by atoms with Crippen LogP contribution in [0.3, 0.4) is 0 Å². The zero-order chi connectivity index (χ0) is 13.1. The highest BCUT2D eigenvalue weighted by molar-refractivity contribution is 5.98. The van der Waals surface area contributed by atoms with Crippen molar-refractivity contribution in [2.45, 2.75) is 33.3 Å². The van der Waals surface area contributed by atoms with Crippen LogP contribution in [-0.2, 0) is 4.79 Å². The zero-order valence-electron chi connectivity index (χ0n) is 11.1. The number of fused-ring (bicyclic) bond motifs is 1. The first kappa shape index (κ1) is 12.7. The summed E-state index contributed by atoms with van der Waals surface area (Å²) in [5.41, 5.74) is 1.75. The molecule has 98 valence electrons. The lowest BCUT2D eigenvalue weighted by molar-refractivity contribution is -0.122. The van der Waals surface area contributed by atoms with Crippen molar-refractivity contribution in [3.8, 4) is 5.75 Å². The smallest absolute Gasteiger partial charge is 0.265 e. The Balaban J connectivity index is 2.03. The fourth-order valence-corrected chi connectivity index (χ4v) is 1.82. The first-order valence-electron chi connectivity index (χ1n) is 6.41. The van der Waals surface area contributed by atoms with Gasteiger partial charge in [0, 0.05) is 12.2 Å². The minimum Gasteiger partial charge on any atom is -0.479 e. The maximum Gasteiger partial charge on any atom is 0.265 e. The van der Waals surface area contributed by atoms with Crippen LogP contribution in [0.4, 0.5) is 11.4 Å². The van der Waals surface area contributed by atoms with E-state index in [2.05, 4.69) is 24.5 Å². The van der Waals surface area contributed by atoms with E-state index < -0.39 is 6.10 Å². The van der Waals surface area contributed by atoms with Gasteiger partial charge in [-0.2, -0.15) is 0 Å². The molecule has 1 heterocycles. The van der Waals surface area contributed by atoms with Crippen LogP contribution in [0, 0.1) is 5.92 Å². The minimum atomic E-state index is -0.419. The van der Waals surface area contributed by atoms with E-state index in [1.54, 1.807) is 6.92 Å². The molecule has 0 aliphatic carbocycles. The molecule has 1 amide bonds. The van der Waals surface area contributed by atoms with Gasteiger partial charge in [-0.05, 0) is 37.5 Å². The van der Waals surface area contributed by atoms with Crippen molar-refractivity contribution in [3.63, 3.8) is 0 Å². The Bertz CT molecular complexity index is 443. The molecule has 1 aromatic rings. The van der Waals surface area contributed by atoms with Gasteiger partial charge in [-0.25, -0.2) is 0 Å². The summed E-state index contributed by atoms with van der Waals surface area (Å²) in [6, 6.07) is 5.78. The molecule has 0 aromatic heterocycles. The summed E-state index contributed by atoms with van der Waals surface area (Å²) in [4.78, 5) is 11.5. The molecule has 0 spiro atoms. The Labute approximate surface area is 108 Å². The lowest BCUT2D eigenvalue weighted by Crippen LogP contribution is -2.34. The van der Waals surface area contributed by atoms with Crippen molar-refractivity contribution < 1.29 is 9.53 Å². The largest absolute Gasteiger partial charge is 0.479 e. The van der Waals surface area contributed by atoms with Crippen LogP contribution < -0.4 is 15.4 Å². The van der Waals surface area contributed by atoms with Gasteiger partial charge in [-0.1, -0.05) is 13.8 Å². The molecule has 0 saturated carbocycles. The number of benzene rings is 1. The van der Waals surface area contributed by atoms with Gasteiger partial charge in [0.25, 0.3) is 5.91 Å². The fraction of sp³-hybridized carbons (Fsp3) is 0.500. The Morgan fingerprint density at radius 2 is 2.22 bits per heavy atom. The molecule has 18 heavy (non-hydrogen) atoms. The van der Waals surface area contributed by atoms with E-state index in [4.69, 9.17) is 4.74 Å². The van der Waals surface area contributed by atoms with Crippen LogP contribution in [0.5, 0.6) is 5.75 Å². The molecule has 1 atom stereocenters. The Morgan fingerprint density at radius 3 is 2.94 bits per heavy atom. The summed E-state index contributed by atoms with van der Waals surface area (Å²) in [6.45, 7) is 7.07. The van der Waals surface area contributed by atoms with E-state index in [-0.39, 0.29) is 5.91 Å². The van der Waals surface area contributed by atoms with Crippen LogP contribution in [0.25, 0.3) is 0 Å². The molecule has 0 fully saturated rings. The number of carbonyl (C=O) groups is 1. The number of hydrogen-bond donors (Lipinski definition) is 2. The number of rotatable bonds is 4. The standard InChI is InChI=1S/C14H20N2O2/c1-9(2)6-7-15-11-4-5-13-12(8-11)16-14(17)10(3)18-13/h4-5,8-10,15H,6-7H2,1-3H3,(H,16,17). The number of hydrogen-bond acceptors (Lipinski definition) is 3. The number of anilines is 2. The number of carbonyl (C=O) groups excluding carboxylic acids is 1. The number of amides is 1. The molecule has 0 bridgehead atoms. The first-order valence-corrected chi connectivity index (χ1v) is 6.41. The molecule has 1 aliphatic rings. The molecule has 2 N–H and O–H groups in total. The third kappa shape index (κ3) is 2.94. The molecular weight excluding hydrogens is 228 g/mol. The van der Waals surface area contributed by atoms with Crippen molar-refractivity contribution in [3.05, 3.63) is 18.2 Å². The van der Waals surface area contributed by atoms with E-state index in [0.717, 1.165) is 30.1 Å². The summed E-state index contributed by atoms with van der Waals surface area (Å²) in [5, 5.41) is 6.19. The van der Waals surface area contributed by atoms with Gasteiger partial charge >= 0.3 is 0 Å². The van der Waals surface area contributed by atoms with Gasteiger partial charge in [-0.3, -0.25) is 4.79 Å². The van der Waals surface area contributed by atoms with Crippen LogP contribution in [-0.4, -0.2) is 18.6 Å². The summed E-state index contributed by atoms with van der Waals surface area (Å²) >= 11 is 0. The fourth-order valence-electron chi connectivity index (χ4n) is 1.82. The molecule has 0 radical (unpaired) electrons. The molecule has 4 heteroatoms. The SMILES string of the molecule is CC(C)CCNc1ccc2c(c1)NC(=O)C(C)O2. The van der Waals surface area contributed by atoms with Gasteiger partial charge in [0.2, 0.25) is 0 Å². The average Bonchev–Trinajstić information content (AvgIpc) is 2.30. The normalized spacial score (nSPS) is 18.0. The van der Waals surface area contributed by atoms with Crippen LogP contribution in [0.1, 0.15) is 27.2 Å². The third-order valence-corrected chi connectivity index (χ3v) is 2.96. The van der Waals surface area contributed by atoms with E-state index in [1.165, 1.54) is 0 Å². The van der Waals surface area contributed by atoms with Gasteiger partial charge in [0.05, 0.1) is 5.69 Å². The topological polar surface area (TPSA) is 50.4 Å². The quantitative estimate of drug-likeness (QED) is 0.861. The summed E-state index contributed by atoms with van der Waals surface area (Å²) in [5.74, 6) is 1.32. The summed E-state index contributed by atoms with van der Waals surface area (Å²) in [7, 11) is 0. The molecule has 0 saturated heterocycles. The maximum absolute atomic E-state index is 11.5. The molecule has 1 aromatic carbocycles. The zero-order valence-corrected chi connectivity index (χ0v) is 11.1. The first-order chi connectivity index (χ1) is 8.56. The minimum absolute atomic E-state index is 0.0955. The second kappa shape index (κ2) is 5.29. The van der Waals surface area contributed by atoms with E-state index in [9.17, 15) is 4.79 Å². The van der Waals surface area contributed by atoms with Crippen LogP contribution in [0.15, 0.2) is 18.2 Å². The third-order valence-electron chi connectivity index (χ3n) is 2.96. The second-order valence-electron chi connectivity index (χ2n) is 5.07. The number of ether oxygens (including phenoxy) is 1. The molecule has 2 rings (SSSR count). The summed E-state index contributed by atoms with van der Waals surface area (Å²) < 4.78 is 5.50. The van der Waals surface area contributed by atoms with E-state index in [0.29, 0.717) is 5.92 Å². The van der Waals surface area contributed by atoms with Gasteiger partial charge in [0.1, 0.15) is 5.75 Å². The molecule has 1 unspecified atom stereocenters. The summed E-state index contributed by atoms with van der Waals surface area (Å²) in [6.07, 6.45) is 0.703. The van der Waals surface area contributed by atoms with Crippen molar-refractivity contribution in [1.29, 1.82) is 0 Å². The van der Waals surface area contributed by atoms with Crippen LogP contribution >= 0.6 is 0 Å². The lowest BCUT2D eigenvalue weighted by Gasteiger charge is -2.23. The maximum atomic E-state index is 11.5. The average molecular weight is 248 g/mol. The number of nitrogens with one attached hydrogen (secondary N) is 2. The predicted molar refractivity (Wildman–Crippen MR) is 73.1 cm³/mol. The van der Waals surface area contributed by atoms with Crippen LogP contribution in [0.2, 0.25) is 0 Å². The predicted octanol–water partition coefficient (Wildman–Crippen LogP) is 2.86. The van der Waals surface area contributed by atoms with Gasteiger partial charge in [-0.15, -0.1) is 0 Å². The van der Waals surface area contributed by atoms with Crippen molar-refractivity contribution >= 4 is 17.3 Å². The Kier molecular flexibility index (Phi) is 3.75. The van der Waals surface area contributed by atoms with Gasteiger partial charge < -0.3 is 15.4 Å². The van der Waals surface area contributed by atoms with Crippen molar-refractivity contribution in [1.82, 2.24) is 0 Å². The molecule has 4 nitrogen and oxygen atoms in total. The monoisotopic (exact) mass is 248 g/mol. The highest BCUT2D eigenvalue weighted by atomic mass is 16.5. The van der Waals surface area contributed by atoms with E-state index >= 15 is 0 Å². The Hall–Kier alpha value is -1.71. The highest BCUT2D eigenvalue weighted by Gasteiger charge is 2.23. The van der Waals surface area contributed by atoms with Crippen molar-refractivity contribution in [2.75, 3.05) is 17.2 Å². The van der Waals surface area contributed by atoms with E-state index in [1.807, 2.05) is 18.2 Å². The Morgan fingerprint density at radius 1 is 1.44 bits per heavy atom. The van der Waals surface area contributed by atoms with Crippen molar-refractivity contribution in [2.24, 2.45) is 5.92 Å². The lowest BCUT2D eigenvalue weighted by atomic mass is 10.1. The van der Waals surface area contributed by atoms with Gasteiger partial charge in [0.15, 0.2) is 6.10 Å². The molecular formula is C14H20N2O2. The second-order valence-corrected chi connectivity index (χ2v) is 5.07.